The minimum atomic E-state index is -0.505. The summed E-state index contributed by atoms with van der Waals surface area (Å²) in [5, 5.41) is 12.7. The van der Waals surface area contributed by atoms with Crippen molar-refractivity contribution >= 4 is 5.70 Å². The number of unbranched alkanes of at least 4 members (excludes halogenated alkanes) is 1. The van der Waals surface area contributed by atoms with Crippen LogP contribution in [0.2, 0.25) is 0 Å². The largest absolute Gasteiger partial charge is 0.384 e. The van der Waals surface area contributed by atoms with E-state index in [0.29, 0.717) is 36.0 Å². The maximum Gasteiger partial charge on any atom is 0.265 e. The van der Waals surface area contributed by atoms with Crippen LogP contribution in [0.5, 0.6) is 0 Å². The van der Waals surface area contributed by atoms with Crippen molar-refractivity contribution in [1.82, 2.24) is 19.4 Å². The highest BCUT2D eigenvalue weighted by Crippen LogP contribution is 2.18. The molecular formula is C26H31FN6O. The fourth-order valence-corrected chi connectivity index (χ4v) is 4.25. The predicted molar refractivity (Wildman–Crippen MR) is 130 cm³/mol. The monoisotopic (exact) mass is 462 g/mol. The van der Waals surface area contributed by atoms with Crippen molar-refractivity contribution in [1.29, 1.82) is 5.41 Å². The summed E-state index contributed by atoms with van der Waals surface area (Å²) in [5.41, 5.74) is 3.41. The number of aromatic nitrogens is 3. The molecule has 0 radical (unpaired) electrons. The number of hydrogen-bond donors (Lipinski definition) is 2. The standard InChI is InChI=1S/C26H31FN6O/c1-5-6-8-20(22-23(28)33-16-26(2,3)31-25(33)32(4)24(22)34)29-15-17-11-13-18(14-12-17)19-9-7-10-21(27)30-19/h7,9-14,28-29H,5-6,8,15-16H2,1-4H3/b22-20+,28-23?. The summed E-state index contributed by atoms with van der Waals surface area (Å²) < 4.78 is 16.8. The molecule has 0 atom stereocenters. The van der Waals surface area contributed by atoms with Crippen molar-refractivity contribution in [3.05, 3.63) is 80.7 Å². The quantitative estimate of drug-likeness (QED) is 0.529. The van der Waals surface area contributed by atoms with Gasteiger partial charge in [0.15, 0.2) is 0 Å². The summed E-state index contributed by atoms with van der Waals surface area (Å²) in [6.07, 6.45) is 2.57. The van der Waals surface area contributed by atoms with Crippen molar-refractivity contribution in [3.8, 4) is 11.3 Å². The van der Waals surface area contributed by atoms with Gasteiger partial charge in [-0.3, -0.25) is 19.3 Å². The van der Waals surface area contributed by atoms with E-state index in [0.717, 1.165) is 29.7 Å². The summed E-state index contributed by atoms with van der Waals surface area (Å²) in [5.74, 6) is -0.505. The SMILES string of the molecule is CCCC/C(NCc1ccc(-c2cccc(F)n2)cc1)=c1\c(=O)n(C)c2n(c1=N)CC(C)(C)N=2. The van der Waals surface area contributed by atoms with Gasteiger partial charge in [-0.15, -0.1) is 0 Å². The number of nitrogens with one attached hydrogen (secondary N) is 2. The number of halogens is 1. The summed E-state index contributed by atoms with van der Waals surface area (Å²) in [4.78, 5) is 21.9. The van der Waals surface area contributed by atoms with Crippen molar-refractivity contribution in [2.24, 2.45) is 12.0 Å². The van der Waals surface area contributed by atoms with Gasteiger partial charge >= 0.3 is 0 Å². The van der Waals surface area contributed by atoms with Crippen LogP contribution >= 0.6 is 0 Å². The van der Waals surface area contributed by atoms with Crippen molar-refractivity contribution in [3.63, 3.8) is 0 Å². The van der Waals surface area contributed by atoms with E-state index in [-0.39, 0.29) is 16.6 Å². The number of rotatable bonds is 7. The number of fused-ring (bicyclic) bond motifs is 1. The van der Waals surface area contributed by atoms with Crippen molar-refractivity contribution in [2.45, 2.75) is 58.7 Å². The minimum Gasteiger partial charge on any atom is -0.384 e. The Kier molecular flexibility index (Phi) is 6.50. The molecule has 0 saturated carbocycles. The Bertz CT molecular complexity index is 1450. The lowest BCUT2D eigenvalue weighted by Crippen LogP contribution is -2.58. The molecule has 1 aliphatic heterocycles. The lowest BCUT2D eigenvalue weighted by Gasteiger charge is -2.14. The van der Waals surface area contributed by atoms with Crippen LogP contribution in [0.15, 0.2) is 52.3 Å². The molecule has 0 fully saturated rings. The number of benzene rings is 1. The second-order valence-corrected chi connectivity index (χ2v) is 9.38. The van der Waals surface area contributed by atoms with Gasteiger partial charge < -0.3 is 5.32 Å². The van der Waals surface area contributed by atoms with E-state index in [1.807, 2.05) is 42.7 Å². The van der Waals surface area contributed by atoms with Gasteiger partial charge in [-0.05, 0) is 44.4 Å². The highest BCUT2D eigenvalue weighted by atomic mass is 19.1. The second-order valence-electron chi connectivity index (χ2n) is 9.38. The Morgan fingerprint density at radius 3 is 2.62 bits per heavy atom. The molecule has 3 aromatic rings. The first kappa shape index (κ1) is 23.6. The van der Waals surface area contributed by atoms with Crippen LogP contribution in [-0.4, -0.2) is 19.7 Å². The molecule has 8 heteroatoms. The lowest BCUT2D eigenvalue weighted by molar-refractivity contribution is 0.465. The highest BCUT2D eigenvalue weighted by molar-refractivity contribution is 5.59. The van der Waals surface area contributed by atoms with Crippen molar-refractivity contribution < 1.29 is 4.39 Å². The Labute approximate surface area is 197 Å². The third-order valence-electron chi connectivity index (χ3n) is 6.07. The Morgan fingerprint density at radius 2 is 1.94 bits per heavy atom. The van der Waals surface area contributed by atoms with Gasteiger partial charge in [0.05, 0.1) is 17.8 Å². The zero-order valence-electron chi connectivity index (χ0n) is 20.2. The number of pyridine rings is 1. The fraction of sp³-hybridized carbons (Fsp3) is 0.385. The Balaban J connectivity index is 1.69. The molecule has 34 heavy (non-hydrogen) atoms. The molecule has 1 aliphatic rings. The molecule has 0 spiro atoms. The summed E-state index contributed by atoms with van der Waals surface area (Å²) in [6, 6.07) is 12.5. The Morgan fingerprint density at radius 1 is 1.21 bits per heavy atom. The molecule has 3 heterocycles. The first-order valence-electron chi connectivity index (χ1n) is 11.6. The summed E-state index contributed by atoms with van der Waals surface area (Å²) in [7, 11) is 1.72. The maximum atomic E-state index is 13.4. The van der Waals surface area contributed by atoms with E-state index in [9.17, 15) is 9.18 Å². The summed E-state index contributed by atoms with van der Waals surface area (Å²) in [6.45, 7) is 7.20. The van der Waals surface area contributed by atoms with Crippen LogP contribution in [0.3, 0.4) is 0 Å². The van der Waals surface area contributed by atoms with E-state index in [1.54, 1.807) is 23.7 Å². The topological polar surface area (TPSA) is 88.1 Å². The van der Waals surface area contributed by atoms with Gasteiger partial charge in [0, 0.05) is 24.9 Å². The van der Waals surface area contributed by atoms with E-state index in [1.165, 1.54) is 6.07 Å². The first-order chi connectivity index (χ1) is 16.2. The fourth-order valence-electron chi connectivity index (χ4n) is 4.25. The van der Waals surface area contributed by atoms with E-state index in [2.05, 4.69) is 22.2 Å². The van der Waals surface area contributed by atoms with Gasteiger partial charge in [0.1, 0.15) is 10.7 Å². The molecular weight excluding hydrogens is 431 g/mol. The molecule has 0 saturated heterocycles. The molecule has 0 bridgehead atoms. The van der Waals surface area contributed by atoms with Crippen molar-refractivity contribution in [2.75, 3.05) is 0 Å². The maximum absolute atomic E-state index is 13.4. The molecule has 2 aromatic heterocycles. The zero-order chi connectivity index (χ0) is 24.5. The van der Waals surface area contributed by atoms with Gasteiger partial charge in [-0.2, -0.15) is 4.39 Å². The van der Waals surface area contributed by atoms with Gasteiger partial charge in [0.25, 0.3) is 5.56 Å². The predicted octanol–water partition coefficient (Wildman–Crippen LogP) is 2.37. The first-order valence-corrected chi connectivity index (χ1v) is 11.6. The molecule has 0 unspecified atom stereocenters. The normalized spacial score (nSPS) is 15.0. The average Bonchev–Trinajstić information content (AvgIpc) is 3.15. The molecule has 1 aromatic carbocycles. The van der Waals surface area contributed by atoms with E-state index < -0.39 is 5.95 Å². The smallest absolute Gasteiger partial charge is 0.265 e. The molecule has 4 rings (SSSR count). The van der Waals surface area contributed by atoms with Crippen LogP contribution < -0.4 is 27.2 Å². The molecule has 0 amide bonds. The molecule has 2 N–H and O–H groups in total. The highest BCUT2D eigenvalue weighted by Gasteiger charge is 2.26. The zero-order valence-corrected chi connectivity index (χ0v) is 20.2. The Hall–Kier alpha value is -3.55. The van der Waals surface area contributed by atoms with E-state index >= 15 is 0 Å². The van der Waals surface area contributed by atoms with Gasteiger partial charge in [-0.25, -0.2) is 9.98 Å². The third kappa shape index (κ3) is 4.71. The average molecular weight is 463 g/mol. The molecule has 0 aliphatic carbocycles. The van der Waals surface area contributed by atoms with Gasteiger partial charge in [0.2, 0.25) is 11.6 Å². The van der Waals surface area contributed by atoms with Gasteiger partial charge in [-0.1, -0.05) is 43.7 Å². The van der Waals surface area contributed by atoms with E-state index in [4.69, 9.17) is 5.41 Å². The second kappa shape index (κ2) is 9.37. The van der Waals surface area contributed by atoms with Crippen LogP contribution in [-0.2, 0) is 20.1 Å². The lowest BCUT2D eigenvalue weighted by atomic mass is 10.1. The van der Waals surface area contributed by atoms with Crippen LogP contribution in [0, 0.1) is 11.4 Å². The van der Waals surface area contributed by atoms with Crippen LogP contribution in [0.1, 0.15) is 45.6 Å². The molecule has 7 nitrogen and oxygen atoms in total. The third-order valence-corrected chi connectivity index (χ3v) is 6.07. The number of hydrogen-bond acceptors (Lipinski definition) is 5. The van der Waals surface area contributed by atoms with Crippen LogP contribution in [0.25, 0.3) is 17.0 Å². The number of nitrogens with zero attached hydrogens (tertiary/aromatic N) is 4. The summed E-state index contributed by atoms with van der Waals surface area (Å²) >= 11 is 0. The van der Waals surface area contributed by atoms with Crippen LogP contribution in [0.4, 0.5) is 4.39 Å². The minimum absolute atomic E-state index is 0.205. The molecule has 178 valence electrons.